The molecule has 1 aliphatic rings. The molecule has 1 atom stereocenters. The van der Waals surface area contributed by atoms with E-state index in [2.05, 4.69) is 20.5 Å². The number of halogens is 1. The van der Waals surface area contributed by atoms with Crippen molar-refractivity contribution < 1.29 is 9.53 Å². The van der Waals surface area contributed by atoms with Gasteiger partial charge in [0.25, 0.3) is 0 Å². The zero-order valence-electron chi connectivity index (χ0n) is 15.7. The summed E-state index contributed by atoms with van der Waals surface area (Å²) in [7, 11) is 1.58. The Morgan fingerprint density at radius 1 is 1.39 bits per heavy atom. The molecule has 0 aliphatic carbocycles. The van der Waals surface area contributed by atoms with E-state index in [0.29, 0.717) is 16.3 Å². The van der Waals surface area contributed by atoms with Gasteiger partial charge < -0.3 is 4.74 Å². The number of methoxy groups -OCH3 is 1. The monoisotopic (exact) mass is 415 g/mol. The molecule has 7 heteroatoms. The van der Waals surface area contributed by atoms with Gasteiger partial charge in [0.2, 0.25) is 0 Å². The van der Waals surface area contributed by atoms with Crippen molar-refractivity contribution >= 4 is 28.7 Å². The SMILES string of the molecule is COc1ccc(Cl)cc1C(=O)[C@H]1CCCN(Cc2cccn2-c2nccs2)C1. The molecule has 0 radical (unpaired) electrons. The molecule has 0 bridgehead atoms. The van der Waals surface area contributed by atoms with Gasteiger partial charge in [0, 0.05) is 47.5 Å². The molecular formula is C21H22ClN3O2S. The Morgan fingerprint density at radius 2 is 2.29 bits per heavy atom. The highest BCUT2D eigenvalue weighted by Crippen LogP contribution is 2.29. The van der Waals surface area contributed by atoms with Crippen molar-refractivity contribution in [2.45, 2.75) is 19.4 Å². The maximum atomic E-state index is 13.2. The van der Waals surface area contributed by atoms with Crippen molar-refractivity contribution in [1.82, 2.24) is 14.5 Å². The van der Waals surface area contributed by atoms with E-state index >= 15 is 0 Å². The van der Waals surface area contributed by atoms with Crippen LogP contribution in [-0.4, -0.2) is 40.4 Å². The first-order valence-electron chi connectivity index (χ1n) is 9.32. The molecule has 0 saturated carbocycles. The van der Waals surface area contributed by atoms with E-state index in [1.54, 1.807) is 36.6 Å². The van der Waals surface area contributed by atoms with E-state index in [4.69, 9.17) is 16.3 Å². The number of nitrogens with zero attached hydrogens (tertiary/aromatic N) is 3. The van der Waals surface area contributed by atoms with Crippen LogP contribution < -0.4 is 4.74 Å². The number of piperidine rings is 1. The second-order valence-corrected chi connectivity index (χ2v) is 8.28. The highest BCUT2D eigenvalue weighted by atomic mass is 35.5. The summed E-state index contributed by atoms with van der Waals surface area (Å²) in [6, 6.07) is 9.39. The molecule has 0 amide bonds. The van der Waals surface area contributed by atoms with Crippen molar-refractivity contribution in [2.75, 3.05) is 20.2 Å². The second kappa shape index (κ2) is 8.47. The number of carbonyl (C=O) groups excluding carboxylic acids is 1. The average molecular weight is 416 g/mol. The van der Waals surface area contributed by atoms with Gasteiger partial charge in [-0.05, 0) is 49.7 Å². The van der Waals surface area contributed by atoms with Crippen molar-refractivity contribution in [2.24, 2.45) is 5.92 Å². The van der Waals surface area contributed by atoms with Crippen LogP contribution in [0, 0.1) is 5.92 Å². The van der Waals surface area contributed by atoms with E-state index in [-0.39, 0.29) is 11.7 Å². The van der Waals surface area contributed by atoms with Crippen molar-refractivity contribution in [3.63, 3.8) is 0 Å². The molecule has 0 spiro atoms. The van der Waals surface area contributed by atoms with Gasteiger partial charge in [-0.3, -0.25) is 14.3 Å². The van der Waals surface area contributed by atoms with Crippen LogP contribution in [0.25, 0.3) is 5.13 Å². The third kappa shape index (κ3) is 3.99. The fraction of sp³-hybridized carbons (Fsp3) is 0.333. The molecule has 1 aromatic carbocycles. The van der Waals surface area contributed by atoms with Crippen molar-refractivity contribution in [1.29, 1.82) is 0 Å². The number of aromatic nitrogens is 2. The van der Waals surface area contributed by atoms with Crippen LogP contribution in [0.15, 0.2) is 48.1 Å². The van der Waals surface area contributed by atoms with E-state index in [1.165, 1.54) is 5.69 Å². The Bertz CT molecular complexity index is 954. The third-order valence-corrected chi connectivity index (χ3v) is 6.15. The number of Topliss-reactive ketones (excluding diaryl/α,β-unsaturated/α-hetero) is 1. The Balaban J connectivity index is 1.49. The van der Waals surface area contributed by atoms with Gasteiger partial charge >= 0.3 is 0 Å². The average Bonchev–Trinajstić information content (AvgIpc) is 3.39. The van der Waals surface area contributed by atoms with Crippen LogP contribution in [0.1, 0.15) is 28.9 Å². The molecule has 3 aromatic rings. The largest absolute Gasteiger partial charge is 0.496 e. The topological polar surface area (TPSA) is 47.4 Å². The lowest BCUT2D eigenvalue weighted by Crippen LogP contribution is -2.38. The zero-order chi connectivity index (χ0) is 19.5. The number of thiazole rings is 1. The number of rotatable bonds is 6. The summed E-state index contributed by atoms with van der Waals surface area (Å²) in [5.41, 5.74) is 1.76. The van der Waals surface area contributed by atoms with Crippen LogP contribution >= 0.6 is 22.9 Å². The summed E-state index contributed by atoms with van der Waals surface area (Å²) in [6.07, 6.45) is 5.74. The number of ketones is 1. The zero-order valence-corrected chi connectivity index (χ0v) is 17.2. The molecule has 5 nitrogen and oxygen atoms in total. The van der Waals surface area contributed by atoms with Crippen LogP contribution in [0.3, 0.4) is 0 Å². The van der Waals surface area contributed by atoms with Gasteiger partial charge in [-0.2, -0.15) is 0 Å². The first-order valence-corrected chi connectivity index (χ1v) is 10.6. The molecule has 0 N–H and O–H groups in total. The molecular weight excluding hydrogens is 394 g/mol. The first-order chi connectivity index (χ1) is 13.7. The van der Waals surface area contributed by atoms with Crippen LogP contribution in [0.2, 0.25) is 5.02 Å². The van der Waals surface area contributed by atoms with Gasteiger partial charge in [-0.25, -0.2) is 4.98 Å². The Morgan fingerprint density at radius 3 is 3.07 bits per heavy atom. The fourth-order valence-electron chi connectivity index (χ4n) is 3.80. The van der Waals surface area contributed by atoms with Gasteiger partial charge in [0.1, 0.15) is 5.75 Å². The summed E-state index contributed by atoms with van der Waals surface area (Å²) in [5, 5.41) is 3.50. The molecule has 146 valence electrons. The highest BCUT2D eigenvalue weighted by Gasteiger charge is 2.29. The Kier molecular flexibility index (Phi) is 5.80. The van der Waals surface area contributed by atoms with E-state index in [1.807, 2.05) is 23.8 Å². The normalized spacial score (nSPS) is 17.6. The van der Waals surface area contributed by atoms with E-state index in [9.17, 15) is 4.79 Å². The highest BCUT2D eigenvalue weighted by molar-refractivity contribution is 7.12. The van der Waals surface area contributed by atoms with Crippen molar-refractivity contribution in [3.8, 4) is 10.9 Å². The number of ether oxygens (including phenoxy) is 1. The molecule has 28 heavy (non-hydrogen) atoms. The summed E-state index contributed by atoms with van der Waals surface area (Å²) in [6.45, 7) is 2.51. The van der Waals surface area contributed by atoms with Gasteiger partial charge in [0.05, 0.1) is 12.7 Å². The minimum Gasteiger partial charge on any atom is -0.496 e. The minimum atomic E-state index is -0.0515. The lowest BCUT2D eigenvalue weighted by Gasteiger charge is -2.32. The first kappa shape index (κ1) is 19.2. The Labute approximate surface area is 173 Å². The van der Waals surface area contributed by atoms with Crippen LogP contribution in [-0.2, 0) is 6.54 Å². The van der Waals surface area contributed by atoms with E-state index < -0.39 is 0 Å². The van der Waals surface area contributed by atoms with Gasteiger partial charge in [-0.1, -0.05) is 11.6 Å². The number of likely N-dealkylation sites (tertiary alicyclic amines) is 1. The van der Waals surface area contributed by atoms with Gasteiger partial charge in [0.15, 0.2) is 10.9 Å². The van der Waals surface area contributed by atoms with Crippen LogP contribution in [0.4, 0.5) is 0 Å². The summed E-state index contributed by atoms with van der Waals surface area (Å²) in [5.74, 6) is 0.646. The Hall–Kier alpha value is -2.15. The molecule has 3 heterocycles. The summed E-state index contributed by atoms with van der Waals surface area (Å²) < 4.78 is 7.50. The molecule has 2 aromatic heterocycles. The summed E-state index contributed by atoms with van der Waals surface area (Å²) in [4.78, 5) is 19.9. The maximum absolute atomic E-state index is 13.2. The quantitative estimate of drug-likeness (QED) is 0.548. The van der Waals surface area contributed by atoms with Crippen molar-refractivity contribution in [3.05, 3.63) is 64.4 Å². The standard InChI is InChI=1S/C21H22ClN3O2S/c1-27-19-7-6-16(22)12-18(19)20(26)15-4-2-9-24(13-15)14-17-5-3-10-25(17)21-23-8-11-28-21/h3,5-8,10-12,15H,2,4,9,13-14H2,1H3/t15-/m0/s1. The number of benzene rings is 1. The molecule has 4 rings (SSSR count). The fourth-order valence-corrected chi connectivity index (χ4v) is 4.63. The molecule has 1 fully saturated rings. The smallest absolute Gasteiger partial charge is 0.193 e. The predicted molar refractivity (Wildman–Crippen MR) is 112 cm³/mol. The summed E-state index contributed by atoms with van der Waals surface area (Å²) >= 11 is 7.74. The van der Waals surface area contributed by atoms with Crippen LogP contribution in [0.5, 0.6) is 5.75 Å². The van der Waals surface area contributed by atoms with E-state index in [0.717, 1.165) is 37.6 Å². The van der Waals surface area contributed by atoms with Gasteiger partial charge in [-0.15, -0.1) is 11.3 Å². The second-order valence-electron chi connectivity index (χ2n) is 6.97. The lowest BCUT2D eigenvalue weighted by molar-refractivity contribution is 0.0806. The number of hydrogen-bond acceptors (Lipinski definition) is 5. The molecule has 0 unspecified atom stereocenters. The third-order valence-electron chi connectivity index (χ3n) is 5.15. The maximum Gasteiger partial charge on any atom is 0.193 e. The predicted octanol–water partition coefficient (Wildman–Crippen LogP) is 4.69. The lowest BCUT2D eigenvalue weighted by atomic mass is 9.89. The molecule has 1 aliphatic heterocycles. The number of hydrogen-bond donors (Lipinski definition) is 0. The molecule has 1 saturated heterocycles. The number of carbonyl (C=O) groups is 1. The minimum absolute atomic E-state index is 0.0515.